The fourth-order valence-electron chi connectivity index (χ4n) is 2.87. The molecule has 1 aliphatic rings. The number of carbonyl (C=O) groups excluding carboxylic acids is 2. The summed E-state index contributed by atoms with van der Waals surface area (Å²) in [5, 5.41) is 0. The van der Waals surface area contributed by atoms with Crippen LogP contribution in [0.2, 0.25) is 0 Å². The van der Waals surface area contributed by atoms with Gasteiger partial charge in [-0.05, 0) is 12.0 Å². The first kappa shape index (κ1) is 16.5. The fraction of sp³-hybridized carbons (Fsp3) is 0.556. The number of likely N-dealkylation sites (tertiary alicyclic amines) is 1. The summed E-state index contributed by atoms with van der Waals surface area (Å²) in [4.78, 5) is 26.0. The molecule has 2 rings (SSSR count). The maximum atomic E-state index is 12.9. The molecule has 2 atom stereocenters. The Morgan fingerprint density at radius 1 is 1.27 bits per heavy atom. The first-order valence-corrected chi connectivity index (χ1v) is 7.88. The van der Waals surface area contributed by atoms with Crippen LogP contribution in [0, 0.1) is 5.41 Å². The molecule has 1 amide bonds. The van der Waals surface area contributed by atoms with Gasteiger partial charge in [0.25, 0.3) is 0 Å². The number of rotatable bonds is 4. The summed E-state index contributed by atoms with van der Waals surface area (Å²) in [6, 6.07) is 9.94. The number of amides is 1. The smallest absolute Gasteiger partial charge is 0.302 e. The zero-order valence-corrected chi connectivity index (χ0v) is 13.8. The molecule has 120 valence electrons. The summed E-state index contributed by atoms with van der Waals surface area (Å²) in [6.45, 7) is 7.85. The van der Waals surface area contributed by atoms with E-state index in [1.54, 1.807) is 0 Å². The molecule has 0 unspecified atom stereocenters. The topological polar surface area (TPSA) is 46.6 Å². The minimum Gasteiger partial charge on any atom is -0.461 e. The van der Waals surface area contributed by atoms with E-state index in [0.29, 0.717) is 13.0 Å². The molecular formula is C18H25NO3. The summed E-state index contributed by atoms with van der Waals surface area (Å²) >= 11 is 0. The second-order valence-corrected chi connectivity index (χ2v) is 6.59. The predicted octanol–water partition coefficient (Wildman–Crippen LogP) is 3.33. The minimum atomic E-state index is -0.405. The maximum absolute atomic E-state index is 12.9. The van der Waals surface area contributed by atoms with Crippen molar-refractivity contribution in [3.8, 4) is 0 Å². The van der Waals surface area contributed by atoms with Crippen molar-refractivity contribution in [3.63, 3.8) is 0 Å². The highest BCUT2D eigenvalue weighted by molar-refractivity contribution is 5.82. The zero-order chi connectivity index (χ0) is 16.3. The van der Waals surface area contributed by atoms with Crippen LogP contribution in [0.25, 0.3) is 0 Å². The number of esters is 1. The van der Waals surface area contributed by atoms with Gasteiger partial charge >= 0.3 is 5.97 Å². The molecule has 0 saturated carbocycles. The Balaban J connectivity index is 2.27. The van der Waals surface area contributed by atoms with E-state index in [1.807, 2.05) is 56.0 Å². The van der Waals surface area contributed by atoms with Crippen molar-refractivity contribution in [1.82, 2.24) is 4.90 Å². The Hall–Kier alpha value is -1.84. The van der Waals surface area contributed by atoms with E-state index in [1.165, 1.54) is 6.92 Å². The van der Waals surface area contributed by atoms with E-state index >= 15 is 0 Å². The van der Waals surface area contributed by atoms with Crippen molar-refractivity contribution < 1.29 is 14.3 Å². The third kappa shape index (κ3) is 3.49. The molecule has 1 heterocycles. The van der Waals surface area contributed by atoms with Crippen molar-refractivity contribution in [2.24, 2.45) is 5.41 Å². The van der Waals surface area contributed by atoms with Crippen LogP contribution in [0.1, 0.15) is 52.1 Å². The molecular weight excluding hydrogens is 278 g/mol. The van der Waals surface area contributed by atoms with E-state index < -0.39 is 5.41 Å². The number of hydrogen-bond donors (Lipinski definition) is 0. The molecule has 4 heteroatoms. The number of carbonyl (C=O) groups is 2. The van der Waals surface area contributed by atoms with E-state index in [0.717, 1.165) is 12.0 Å². The Morgan fingerprint density at radius 3 is 2.45 bits per heavy atom. The SMILES string of the molecule is CCC(C)(C)C(=O)N1C[C@H](OC(C)=O)C[C@H]1c1ccccc1. The normalized spacial score (nSPS) is 21.7. The van der Waals surface area contributed by atoms with Gasteiger partial charge in [-0.15, -0.1) is 0 Å². The highest BCUT2D eigenvalue weighted by atomic mass is 16.5. The molecule has 1 aromatic rings. The number of nitrogens with zero attached hydrogens (tertiary/aromatic N) is 1. The van der Waals surface area contributed by atoms with Gasteiger partial charge in [-0.1, -0.05) is 51.1 Å². The van der Waals surface area contributed by atoms with Crippen LogP contribution in [-0.4, -0.2) is 29.4 Å². The van der Waals surface area contributed by atoms with Crippen LogP contribution >= 0.6 is 0 Å². The van der Waals surface area contributed by atoms with Crippen molar-refractivity contribution >= 4 is 11.9 Å². The van der Waals surface area contributed by atoms with Crippen molar-refractivity contribution in [1.29, 1.82) is 0 Å². The summed E-state index contributed by atoms with van der Waals surface area (Å²) in [5.41, 5.74) is 0.690. The predicted molar refractivity (Wildman–Crippen MR) is 85.1 cm³/mol. The van der Waals surface area contributed by atoms with Gasteiger partial charge in [0, 0.05) is 18.8 Å². The molecule has 0 radical (unpaired) electrons. The lowest BCUT2D eigenvalue weighted by Crippen LogP contribution is -2.41. The molecule has 4 nitrogen and oxygen atoms in total. The van der Waals surface area contributed by atoms with Crippen molar-refractivity contribution in [2.75, 3.05) is 6.54 Å². The van der Waals surface area contributed by atoms with Crippen LogP contribution in [-0.2, 0) is 14.3 Å². The lowest BCUT2D eigenvalue weighted by atomic mass is 9.88. The largest absolute Gasteiger partial charge is 0.461 e. The van der Waals surface area contributed by atoms with Crippen LogP contribution in [0.5, 0.6) is 0 Å². The van der Waals surface area contributed by atoms with Gasteiger partial charge in [-0.2, -0.15) is 0 Å². The maximum Gasteiger partial charge on any atom is 0.302 e. The second-order valence-electron chi connectivity index (χ2n) is 6.59. The molecule has 1 saturated heterocycles. The lowest BCUT2D eigenvalue weighted by Gasteiger charge is -2.32. The van der Waals surface area contributed by atoms with E-state index in [2.05, 4.69) is 0 Å². The molecule has 0 spiro atoms. The van der Waals surface area contributed by atoms with E-state index in [4.69, 9.17) is 4.74 Å². The van der Waals surface area contributed by atoms with Gasteiger partial charge in [-0.25, -0.2) is 0 Å². The molecule has 0 bridgehead atoms. The molecule has 22 heavy (non-hydrogen) atoms. The monoisotopic (exact) mass is 303 g/mol. The lowest BCUT2D eigenvalue weighted by molar-refractivity contribution is -0.148. The summed E-state index contributed by atoms with van der Waals surface area (Å²) in [5.74, 6) is -0.167. The van der Waals surface area contributed by atoms with E-state index in [9.17, 15) is 9.59 Å². The van der Waals surface area contributed by atoms with E-state index in [-0.39, 0.29) is 24.0 Å². The van der Waals surface area contributed by atoms with Crippen LogP contribution in [0.4, 0.5) is 0 Å². The highest BCUT2D eigenvalue weighted by Gasteiger charge is 2.42. The average molecular weight is 303 g/mol. The van der Waals surface area contributed by atoms with Crippen LogP contribution < -0.4 is 0 Å². The summed E-state index contributed by atoms with van der Waals surface area (Å²) < 4.78 is 5.36. The first-order valence-electron chi connectivity index (χ1n) is 7.88. The highest BCUT2D eigenvalue weighted by Crippen LogP contribution is 2.37. The average Bonchev–Trinajstić information content (AvgIpc) is 2.90. The molecule has 0 aromatic heterocycles. The molecule has 1 aromatic carbocycles. The van der Waals surface area contributed by atoms with Crippen LogP contribution in [0.15, 0.2) is 30.3 Å². The number of ether oxygens (including phenoxy) is 1. The summed E-state index contributed by atoms with van der Waals surface area (Å²) in [7, 11) is 0. The zero-order valence-electron chi connectivity index (χ0n) is 13.8. The quantitative estimate of drug-likeness (QED) is 0.802. The Bertz CT molecular complexity index is 539. The number of hydrogen-bond acceptors (Lipinski definition) is 3. The van der Waals surface area contributed by atoms with Gasteiger partial charge in [0.05, 0.1) is 12.6 Å². The molecule has 1 aliphatic heterocycles. The van der Waals surface area contributed by atoms with Crippen molar-refractivity contribution in [3.05, 3.63) is 35.9 Å². The van der Waals surface area contributed by atoms with Gasteiger partial charge in [-0.3, -0.25) is 9.59 Å². The molecule has 0 aliphatic carbocycles. The number of benzene rings is 1. The van der Waals surface area contributed by atoms with Gasteiger partial charge < -0.3 is 9.64 Å². The second kappa shape index (κ2) is 6.51. The Morgan fingerprint density at radius 2 is 1.91 bits per heavy atom. The van der Waals surface area contributed by atoms with Gasteiger partial charge in [0.1, 0.15) is 6.10 Å². The first-order chi connectivity index (χ1) is 10.3. The van der Waals surface area contributed by atoms with Crippen molar-refractivity contribution in [2.45, 2.75) is 52.7 Å². The summed E-state index contributed by atoms with van der Waals surface area (Å²) in [6.07, 6.45) is 1.22. The Labute approximate surface area is 132 Å². The fourth-order valence-corrected chi connectivity index (χ4v) is 2.87. The van der Waals surface area contributed by atoms with Gasteiger partial charge in [0.2, 0.25) is 5.91 Å². The molecule has 1 fully saturated rings. The van der Waals surface area contributed by atoms with Crippen LogP contribution in [0.3, 0.4) is 0 Å². The minimum absolute atomic E-state index is 0.0242. The Kier molecular flexibility index (Phi) is 4.89. The van der Waals surface area contributed by atoms with Gasteiger partial charge in [0.15, 0.2) is 0 Å². The standard InChI is InChI=1S/C18H25NO3/c1-5-18(3,4)17(21)19-12-15(22-13(2)20)11-16(19)14-9-7-6-8-10-14/h6-10,15-16H,5,11-12H2,1-4H3/t15-,16+/m1/s1. The third-order valence-electron chi connectivity index (χ3n) is 4.50. The third-order valence-corrected chi connectivity index (χ3v) is 4.50. The molecule has 0 N–H and O–H groups in total.